The smallest absolute Gasteiger partial charge is 0.210 e. The molecule has 0 atom stereocenters. The van der Waals surface area contributed by atoms with Crippen molar-refractivity contribution in [3.63, 3.8) is 0 Å². The molecule has 1 aromatic carbocycles. The SMILES string of the molecule is CSCCNS(=O)(=O)c1cc(Br)ccc1Br. The zero-order chi connectivity index (χ0) is 12.2. The van der Waals surface area contributed by atoms with Gasteiger partial charge >= 0.3 is 0 Å². The van der Waals surface area contributed by atoms with Crippen molar-refractivity contribution in [1.82, 2.24) is 4.72 Å². The number of rotatable bonds is 5. The molecule has 0 aliphatic heterocycles. The Hall–Kier alpha value is 0.440. The van der Waals surface area contributed by atoms with Gasteiger partial charge in [0.15, 0.2) is 0 Å². The lowest BCUT2D eigenvalue weighted by atomic mass is 10.4. The van der Waals surface area contributed by atoms with Crippen LogP contribution < -0.4 is 4.72 Å². The van der Waals surface area contributed by atoms with Crippen LogP contribution in [0.25, 0.3) is 0 Å². The summed E-state index contributed by atoms with van der Waals surface area (Å²) in [5, 5.41) is 0. The minimum absolute atomic E-state index is 0.253. The number of benzene rings is 1. The van der Waals surface area contributed by atoms with E-state index in [0.717, 1.165) is 10.2 Å². The van der Waals surface area contributed by atoms with Crippen LogP contribution in [0, 0.1) is 0 Å². The van der Waals surface area contributed by atoms with E-state index in [2.05, 4.69) is 36.6 Å². The van der Waals surface area contributed by atoms with Gasteiger partial charge in [0.1, 0.15) is 0 Å². The summed E-state index contributed by atoms with van der Waals surface area (Å²) in [7, 11) is -3.43. The summed E-state index contributed by atoms with van der Waals surface area (Å²) >= 11 is 8.08. The highest BCUT2D eigenvalue weighted by Crippen LogP contribution is 2.25. The standard InChI is InChI=1S/C9H11Br2NO2S2/c1-15-5-4-12-16(13,14)9-6-7(10)2-3-8(9)11/h2-3,6,12H,4-5H2,1H3. The summed E-state index contributed by atoms with van der Waals surface area (Å²) in [6.45, 7) is 0.433. The highest BCUT2D eigenvalue weighted by atomic mass is 79.9. The van der Waals surface area contributed by atoms with Crippen LogP contribution >= 0.6 is 43.6 Å². The van der Waals surface area contributed by atoms with Crippen LogP contribution in [-0.4, -0.2) is 27.0 Å². The van der Waals surface area contributed by atoms with Crippen molar-refractivity contribution in [1.29, 1.82) is 0 Å². The van der Waals surface area contributed by atoms with Crippen LogP contribution in [0.2, 0.25) is 0 Å². The van der Waals surface area contributed by atoms with E-state index in [1.54, 1.807) is 30.0 Å². The summed E-state index contributed by atoms with van der Waals surface area (Å²) in [6.07, 6.45) is 1.93. The number of thioether (sulfide) groups is 1. The summed E-state index contributed by atoms with van der Waals surface area (Å²) < 4.78 is 27.7. The first-order valence-electron chi connectivity index (χ1n) is 4.41. The second-order valence-electron chi connectivity index (χ2n) is 2.97. The fraction of sp³-hybridized carbons (Fsp3) is 0.333. The lowest BCUT2D eigenvalue weighted by Crippen LogP contribution is -2.26. The average molecular weight is 389 g/mol. The molecule has 0 fully saturated rings. The predicted octanol–water partition coefficient (Wildman–Crippen LogP) is 2.85. The van der Waals surface area contributed by atoms with E-state index in [4.69, 9.17) is 0 Å². The Morgan fingerprint density at radius 2 is 2.06 bits per heavy atom. The molecule has 90 valence electrons. The first kappa shape index (κ1) is 14.5. The molecule has 0 saturated heterocycles. The van der Waals surface area contributed by atoms with Crippen LogP contribution in [0.5, 0.6) is 0 Å². The van der Waals surface area contributed by atoms with Crippen molar-refractivity contribution < 1.29 is 8.42 Å². The van der Waals surface area contributed by atoms with Crippen LogP contribution in [0.15, 0.2) is 32.0 Å². The Morgan fingerprint density at radius 1 is 1.38 bits per heavy atom. The Bertz CT molecular complexity index is 463. The van der Waals surface area contributed by atoms with Gasteiger partial charge in [0.25, 0.3) is 0 Å². The molecule has 0 radical (unpaired) electrons. The maximum atomic E-state index is 11.9. The van der Waals surface area contributed by atoms with Crippen LogP contribution in [0.1, 0.15) is 0 Å². The zero-order valence-electron chi connectivity index (χ0n) is 8.54. The summed E-state index contributed by atoms with van der Waals surface area (Å²) in [5.74, 6) is 0.755. The quantitative estimate of drug-likeness (QED) is 0.789. The average Bonchev–Trinajstić information content (AvgIpc) is 2.22. The molecule has 0 amide bonds. The van der Waals surface area contributed by atoms with E-state index in [0.29, 0.717) is 11.0 Å². The molecule has 0 spiro atoms. The Morgan fingerprint density at radius 3 is 2.69 bits per heavy atom. The number of nitrogens with one attached hydrogen (secondary N) is 1. The van der Waals surface area contributed by atoms with Gasteiger partial charge < -0.3 is 0 Å². The lowest BCUT2D eigenvalue weighted by molar-refractivity contribution is 0.583. The molecule has 0 unspecified atom stereocenters. The highest BCUT2D eigenvalue weighted by molar-refractivity contribution is 9.11. The van der Waals surface area contributed by atoms with E-state index in [9.17, 15) is 8.42 Å². The molecule has 16 heavy (non-hydrogen) atoms. The predicted molar refractivity (Wildman–Crippen MR) is 75.4 cm³/mol. The van der Waals surface area contributed by atoms with Crippen molar-refractivity contribution >= 4 is 53.6 Å². The van der Waals surface area contributed by atoms with Gasteiger partial charge in [-0.2, -0.15) is 11.8 Å². The van der Waals surface area contributed by atoms with Crippen LogP contribution in [0.4, 0.5) is 0 Å². The molecule has 0 bridgehead atoms. The van der Waals surface area contributed by atoms with Crippen LogP contribution in [0.3, 0.4) is 0 Å². The van der Waals surface area contributed by atoms with E-state index < -0.39 is 10.0 Å². The minimum Gasteiger partial charge on any atom is -0.210 e. The van der Waals surface area contributed by atoms with E-state index in [1.807, 2.05) is 6.26 Å². The number of halogens is 2. The van der Waals surface area contributed by atoms with Gasteiger partial charge in [0.2, 0.25) is 10.0 Å². The second kappa shape index (κ2) is 6.39. The number of hydrogen-bond acceptors (Lipinski definition) is 3. The van der Waals surface area contributed by atoms with E-state index >= 15 is 0 Å². The van der Waals surface area contributed by atoms with Crippen molar-refractivity contribution in [2.45, 2.75) is 4.90 Å². The molecular weight excluding hydrogens is 378 g/mol. The first-order chi connectivity index (χ1) is 7.47. The molecule has 7 heteroatoms. The van der Waals surface area contributed by atoms with E-state index in [-0.39, 0.29) is 4.90 Å². The zero-order valence-corrected chi connectivity index (χ0v) is 13.3. The van der Waals surface area contributed by atoms with Gasteiger partial charge in [-0.1, -0.05) is 15.9 Å². The van der Waals surface area contributed by atoms with Crippen molar-refractivity contribution in [3.8, 4) is 0 Å². The molecule has 0 aliphatic carbocycles. The third-order valence-corrected chi connectivity index (χ3v) is 5.34. The molecule has 0 aromatic heterocycles. The van der Waals surface area contributed by atoms with E-state index in [1.165, 1.54) is 0 Å². The molecule has 0 aliphatic rings. The summed E-state index contributed by atoms with van der Waals surface area (Å²) in [5.41, 5.74) is 0. The fourth-order valence-electron chi connectivity index (χ4n) is 1.04. The molecule has 0 heterocycles. The Kier molecular flexibility index (Phi) is 5.79. The minimum atomic E-state index is -3.43. The third kappa shape index (κ3) is 4.03. The van der Waals surface area contributed by atoms with Gasteiger partial charge in [-0.15, -0.1) is 0 Å². The first-order valence-corrected chi connectivity index (χ1v) is 8.87. The van der Waals surface area contributed by atoms with Gasteiger partial charge in [-0.05, 0) is 40.4 Å². The topological polar surface area (TPSA) is 46.2 Å². The van der Waals surface area contributed by atoms with Gasteiger partial charge in [-0.3, -0.25) is 0 Å². The molecule has 1 N–H and O–H groups in total. The highest BCUT2D eigenvalue weighted by Gasteiger charge is 2.17. The largest absolute Gasteiger partial charge is 0.241 e. The van der Waals surface area contributed by atoms with Crippen molar-refractivity contribution in [3.05, 3.63) is 27.1 Å². The van der Waals surface area contributed by atoms with Crippen molar-refractivity contribution in [2.24, 2.45) is 0 Å². The molecule has 1 rings (SSSR count). The molecule has 3 nitrogen and oxygen atoms in total. The summed E-state index contributed by atoms with van der Waals surface area (Å²) in [6, 6.07) is 5.06. The molecular formula is C9H11Br2NO2S2. The Labute approximate surface area is 117 Å². The number of sulfonamides is 1. The van der Waals surface area contributed by atoms with Gasteiger partial charge in [0.05, 0.1) is 4.90 Å². The molecule has 1 aromatic rings. The van der Waals surface area contributed by atoms with Crippen molar-refractivity contribution in [2.75, 3.05) is 18.6 Å². The number of hydrogen-bond donors (Lipinski definition) is 1. The third-order valence-electron chi connectivity index (χ3n) is 1.78. The van der Waals surface area contributed by atoms with Gasteiger partial charge in [0, 0.05) is 21.2 Å². The van der Waals surface area contributed by atoms with Gasteiger partial charge in [-0.25, -0.2) is 13.1 Å². The normalized spacial score (nSPS) is 11.7. The lowest BCUT2D eigenvalue weighted by Gasteiger charge is -2.08. The molecule has 0 saturated carbocycles. The maximum absolute atomic E-state index is 11.9. The maximum Gasteiger partial charge on any atom is 0.241 e. The fourth-order valence-corrected chi connectivity index (χ4v) is 4.01. The van der Waals surface area contributed by atoms with Crippen LogP contribution in [-0.2, 0) is 10.0 Å². The monoisotopic (exact) mass is 387 g/mol. The second-order valence-corrected chi connectivity index (χ2v) is 7.46. The Balaban J connectivity index is 2.93. The summed E-state index contributed by atoms with van der Waals surface area (Å²) in [4.78, 5) is 0.253.